The molecule has 0 aliphatic carbocycles. The highest BCUT2D eigenvalue weighted by Crippen LogP contribution is 2.12. The third-order valence-corrected chi connectivity index (χ3v) is 2.38. The fourth-order valence-corrected chi connectivity index (χ4v) is 1.48. The van der Waals surface area contributed by atoms with Crippen LogP contribution in [0.5, 0.6) is 0 Å². The molecule has 17 heavy (non-hydrogen) atoms. The van der Waals surface area contributed by atoms with E-state index in [1.54, 1.807) is 0 Å². The zero-order chi connectivity index (χ0) is 12.8. The predicted octanol–water partition coefficient (Wildman–Crippen LogP) is 0.780. The molecule has 0 fully saturated rings. The van der Waals surface area contributed by atoms with Crippen molar-refractivity contribution in [2.45, 2.75) is 25.8 Å². The molecule has 0 bridgehead atoms. The Kier molecular flexibility index (Phi) is 4.65. The van der Waals surface area contributed by atoms with Gasteiger partial charge in [-0.15, -0.1) is 0 Å². The fourth-order valence-electron chi connectivity index (χ4n) is 1.48. The highest BCUT2D eigenvalue weighted by atomic mass is 16.6. The van der Waals surface area contributed by atoms with Gasteiger partial charge in [0.05, 0.1) is 11.1 Å². The molecule has 0 radical (unpaired) electrons. The summed E-state index contributed by atoms with van der Waals surface area (Å²) in [7, 11) is 0. The van der Waals surface area contributed by atoms with Crippen LogP contribution in [0.25, 0.3) is 0 Å². The Morgan fingerprint density at radius 1 is 1.71 bits per heavy atom. The number of amides is 1. The van der Waals surface area contributed by atoms with E-state index in [4.69, 9.17) is 5.73 Å². The van der Waals surface area contributed by atoms with Crippen molar-refractivity contribution in [3.8, 4) is 0 Å². The van der Waals surface area contributed by atoms with E-state index in [1.165, 1.54) is 12.3 Å². The van der Waals surface area contributed by atoms with Gasteiger partial charge in [0.1, 0.15) is 5.69 Å². The molecule has 0 spiro atoms. The maximum absolute atomic E-state index is 11.7. The Morgan fingerprint density at radius 2 is 2.41 bits per heavy atom. The number of hydrogen-bond acceptors (Lipinski definition) is 4. The minimum absolute atomic E-state index is 0.102. The maximum atomic E-state index is 11.7. The number of aromatic amines is 1. The summed E-state index contributed by atoms with van der Waals surface area (Å²) in [6, 6.07) is 1.10. The lowest BCUT2D eigenvalue weighted by molar-refractivity contribution is -0.384. The summed E-state index contributed by atoms with van der Waals surface area (Å²) < 4.78 is 0. The molecule has 1 rings (SSSR count). The van der Waals surface area contributed by atoms with E-state index in [-0.39, 0.29) is 23.3 Å². The van der Waals surface area contributed by atoms with E-state index in [9.17, 15) is 14.9 Å². The van der Waals surface area contributed by atoms with Gasteiger partial charge in [-0.05, 0) is 6.42 Å². The second-order valence-corrected chi connectivity index (χ2v) is 3.72. The van der Waals surface area contributed by atoms with Crippen LogP contribution in [0.15, 0.2) is 12.3 Å². The number of hydrogen-bond donors (Lipinski definition) is 3. The normalized spacial score (nSPS) is 12.1. The fraction of sp³-hybridized carbons (Fsp3) is 0.500. The standard InChI is InChI=1S/C10H16N4O3/c1-2-3-7(5-11)13-10(15)9-4-8(6-12-9)14(16)17/h4,6-7,12H,2-3,5,11H2,1H3,(H,13,15). The van der Waals surface area contributed by atoms with Gasteiger partial charge < -0.3 is 16.0 Å². The third-order valence-electron chi connectivity index (χ3n) is 2.38. The number of H-pyrrole nitrogens is 1. The van der Waals surface area contributed by atoms with Crippen LogP contribution < -0.4 is 11.1 Å². The van der Waals surface area contributed by atoms with Crippen LogP contribution in [0.4, 0.5) is 5.69 Å². The van der Waals surface area contributed by atoms with Gasteiger partial charge in [0.2, 0.25) is 0 Å². The lowest BCUT2D eigenvalue weighted by atomic mass is 10.1. The summed E-state index contributed by atoms with van der Waals surface area (Å²) >= 11 is 0. The number of aromatic nitrogens is 1. The monoisotopic (exact) mass is 240 g/mol. The van der Waals surface area contributed by atoms with Crippen LogP contribution in [-0.2, 0) is 0 Å². The second-order valence-electron chi connectivity index (χ2n) is 3.72. The predicted molar refractivity (Wildman–Crippen MR) is 62.7 cm³/mol. The van der Waals surface area contributed by atoms with Crippen molar-refractivity contribution in [3.05, 3.63) is 28.1 Å². The highest BCUT2D eigenvalue weighted by Gasteiger charge is 2.16. The molecule has 0 aromatic carbocycles. The molecule has 94 valence electrons. The van der Waals surface area contributed by atoms with Gasteiger partial charge in [-0.25, -0.2) is 0 Å². The van der Waals surface area contributed by atoms with Crippen LogP contribution >= 0.6 is 0 Å². The van der Waals surface area contributed by atoms with Crippen LogP contribution in [0.2, 0.25) is 0 Å². The van der Waals surface area contributed by atoms with Gasteiger partial charge in [-0.1, -0.05) is 13.3 Å². The zero-order valence-corrected chi connectivity index (χ0v) is 9.60. The number of carbonyl (C=O) groups is 1. The van der Waals surface area contributed by atoms with Gasteiger partial charge in [0.25, 0.3) is 11.6 Å². The van der Waals surface area contributed by atoms with Crippen LogP contribution in [0, 0.1) is 10.1 Å². The van der Waals surface area contributed by atoms with Crippen molar-refractivity contribution < 1.29 is 9.72 Å². The van der Waals surface area contributed by atoms with E-state index in [0.717, 1.165) is 12.8 Å². The minimum atomic E-state index is -0.556. The first-order valence-electron chi connectivity index (χ1n) is 5.42. The lowest BCUT2D eigenvalue weighted by Crippen LogP contribution is -2.40. The molecular formula is C10H16N4O3. The Labute approximate surface area is 98.5 Å². The van der Waals surface area contributed by atoms with Gasteiger partial charge >= 0.3 is 0 Å². The molecule has 0 saturated heterocycles. The minimum Gasteiger partial charge on any atom is -0.351 e. The first-order chi connectivity index (χ1) is 8.08. The van der Waals surface area contributed by atoms with Gasteiger partial charge in [-0.2, -0.15) is 0 Å². The average molecular weight is 240 g/mol. The molecular weight excluding hydrogens is 224 g/mol. The van der Waals surface area contributed by atoms with Crippen molar-refractivity contribution in [2.75, 3.05) is 6.54 Å². The number of nitrogens with two attached hydrogens (primary N) is 1. The van der Waals surface area contributed by atoms with Gasteiger partial charge in [-0.3, -0.25) is 14.9 Å². The summed E-state index contributed by atoms with van der Waals surface area (Å²) in [5.41, 5.74) is 5.55. The first kappa shape index (κ1) is 13.2. The summed E-state index contributed by atoms with van der Waals surface area (Å²) in [5, 5.41) is 13.2. The third kappa shape index (κ3) is 3.56. The van der Waals surface area contributed by atoms with Crippen molar-refractivity contribution >= 4 is 11.6 Å². The number of rotatable bonds is 6. The second kappa shape index (κ2) is 6.00. The smallest absolute Gasteiger partial charge is 0.287 e. The SMILES string of the molecule is CCCC(CN)NC(=O)c1cc([N+](=O)[O-])c[nH]1. The number of carbonyl (C=O) groups excluding carboxylic acids is 1. The van der Waals surface area contributed by atoms with Crippen molar-refractivity contribution in [1.82, 2.24) is 10.3 Å². The van der Waals surface area contributed by atoms with E-state index < -0.39 is 4.92 Å². The van der Waals surface area contributed by atoms with Crippen molar-refractivity contribution in [1.29, 1.82) is 0 Å². The summed E-state index contributed by atoms with van der Waals surface area (Å²) in [5.74, 6) is -0.373. The maximum Gasteiger partial charge on any atom is 0.287 e. The molecule has 7 heteroatoms. The van der Waals surface area contributed by atoms with Crippen LogP contribution in [0.1, 0.15) is 30.3 Å². The van der Waals surface area contributed by atoms with Crippen molar-refractivity contribution in [2.24, 2.45) is 5.73 Å². The van der Waals surface area contributed by atoms with E-state index in [2.05, 4.69) is 10.3 Å². The van der Waals surface area contributed by atoms with E-state index in [1.807, 2.05) is 6.92 Å². The Morgan fingerprint density at radius 3 is 2.88 bits per heavy atom. The van der Waals surface area contributed by atoms with Gasteiger partial charge in [0.15, 0.2) is 0 Å². The first-order valence-corrected chi connectivity index (χ1v) is 5.42. The Hall–Kier alpha value is -1.89. The Balaban J connectivity index is 2.65. The molecule has 4 N–H and O–H groups in total. The largest absolute Gasteiger partial charge is 0.351 e. The molecule has 1 atom stereocenters. The zero-order valence-electron chi connectivity index (χ0n) is 9.60. The molecule has 0 saturated carbocycles. The molecule has 1 aromatic rings. The summed E-state index contributed by atoms with van der Waals surface area (Å²) in [6.45, 7) is 2.34. The highest BCUT2D eigenvalue weighted by molar-refractivity contribution is 5.93. The molecule has 0 aliphatic heterocycles. The summed E-state index contributed by atoms with van der Waals surface area (Å²) in [6.07, 6.45) is 2.88. The molecule has 1 unspecified atom stereocenters. The quantitative estimate of drug-likeness (QED) is 0.503. The number of nitrogens with one attached hydrogen (secondary N) is 2. The number of nitrogens with zero attached hydrogens (tertiary/aromatic N) is 1. The number of nitro groups is 1. The Bertz CT molecular complexity index is 402. The topological polar surface area (TPSA) is 114 Å². The molecule has 1 aromatic heterocycles. The molecule has 1 heterocycles. The van der Waals surface area contributed by atoms with E-state index in [0.29, 0.717) is 6.54 Å². The molecule has 1 amide bonds. The molecule has 0 aliphatic rings. The average Bonchev–Trinajstić information content (AvgIpc) is 2.77. The molecule has 7 nitrogen and oxygen atoms in total. The van der Waals surface area contributed by atoms with E-state index >= 15 is 0 Å². The van der Waals surface area contributed by atoms with Crippen LogP contribution in [-0.4, -0.2) is 28.4 Å². The van der Waals surface area contributed by atoms with Crippen LogP contribution in [0.3, 0.4) is 0 Å². The summed E-state index contributed by atoms with van der Waals surface area (Å²) in [4.78, 5) is 24.2. The van der Waals surface area contributed by atoms with Crippen molar-refractivity contribution in [3.63, 3.8) is 0 Å². The van der Waals surface area contributed by atoms with Gasteiger partial charge in [0, 0.05) is 18.7 Å². The lowest BCUT2D eigenvalue weighted by Gasteiger charge is -2.14.